The van der Waals surface area contributed by atoms with Gasteiger partial charge in [0.25, 0.3) is 0 Å². The van der Waals surface area contributed by atoms with Crippen molar-refractivity contribution in [1.29, 1.82) is 0 Å². The lowest BCUT2D eigenvalue weighted by Gasteiger charge is -2.06. The van der Waals surface area contributed by atoms with E-state index in [0.717, 1.165) is 17.1 Å². The molecule has 1 atom stereocenters. The van der Waals surface area contributed by atoms with Gasteiger partial charge in [-0.05, 0) is 29.4 Å². The molecule has 0 bridgehead atoms. The van der Waals surface area contributed by atoms with Crippen molar-refractivity contribution in [3.05, 3.63) is 29.8 Å². The predicted octanol–water partition coefficient (Wildman–Crippen LogP) is 3.50. The molecular formula is C11H15ClOS. The minimum Gasteiger partial charge on any atom is -0.508 e. The minimum absolute atomic E-state index is 0.341. The molecule has 1 aromatic rings. The molecule has 0 aliphatic heterocycles. The molecule has 14 heavy (non-hydrogen) atoms. The van der Waals surface area contributed by atoms with E-state index in [-0.39, 0.29) is 0 Å². The topological polar surface area (TPSA) is 20.2 Å². The maximum absolute atomic E-state index is 9.24. The number of thioether (sulfide) groups is 1. The second kappa shape index (κ2) is 6.20. The third kappa shape index (κ3) is 4.25. The minimum atomic E-state index is 0.341. The quantitative estimate of drug-likeness (QED) is 0.782. The molecule has 1 nitrogen and oxygen atoms in total. The van der Waals surface area contributed by atoms with Crippen LogP contribution in [0.3, 0.4) is 0 Å². The molecule has 0 aromatic heterocycles. The second-order valence-corrected chi connectivity index (χ2v) is 4.78. The molecule has 0 amide bonds. The Kier molecular flexibility index (Phi) is 5.20. The van der Waals surface area contributed by atoms with Crippen molar-refractivity contribution < 1.29 is 5.11 Å². The van der Waals surface area contributed by atoms with Gasteiger partial charge in [-0.3, -0.25) is 0 Å². The van der Waals surface area contributed by atoms with Crippen LogP contribution in [0.15, 0.2) is 24.3 Å². The van der Waals surface area contributed by atoms with E-state index >= 15 is 0 Å². The summed E-state index contributed by atoms with van der Waals surface area (Å²) in [4.78, 5) is 0. The number of alkyl halides is 1. The summed E-state index contributed by atoms with van der Waals surface area (Å²) in [7, 11) is 0. The van der Waals surface area contributed by atoms with Gasteiger partial charge in [0.2, 0.25) is 0 Å². The summed E-state index contributed by atoms with van der Waals surface area (Å²) in [5, 5.41) is 9.24. The summed E-state index contributed by atoms with van der Waals surface area (Å²) in [6.07, 6.45) is 0. The molecule has 0 saturated carbocycles. The first-order valence-electron chi connectivity index (χ1n) is 4.64. The molecule has 0 saturated heterocycles. The highest BCUT2D eigenvalue weighted by molar-refractivity contribution is 7.98. The molecule has 1 rings (SSSR count). The van der Waals surface area contributed by atoms with Crippen molar-refractivity contribution >= 4 is 23.4 Å². The van der Waals surface area contributed by atoms with Crippen LogP contribution in [0.1, 0.15) is 12.5 Å². The van der Waals surface area contributed by atoms with Crippen molar-refractivity contribution in [2.45, 2.75) is 12.7 Å². The molecular weight excluding hydrogens is 216 g/mol. The third-order valence-corrected chi connectivity index (χ3v) is 3.71. The largest absolute Gasteiger partial charge is 0.508 e. The van der Waals surface area contributed by atoms with Crippen LogP contribution >= 0.6 is 23.4 Å². The molecule has 1 unspecified atom stereocenters. The van der Waals surface area contributed by atoms with E-state index in [1.807, 2.05) is 23.9 Å². The molecule has 1 aromatic carbocycles. The van der Waals surface area contributed by atoms with Crippen molar-refractivity contribution in [3.63, 3.8) is 0 Å². The van der Waals surface area contributed by atoms with Crippen LogP contribution < -0.4 is 0 Å². The number of phenols is 1. The number of rotatable bonds is 5. The number of phenolic OH excluding ortho intramolecular Hbond substituents is 1. The maximum atomic E-state index is 9.24. The number of halogens is 1. The lowest BCUT2D eigenvalue weighted by molar-refractivity contribution is 0.475. The van der Waals surface area contributed by atoms with E-state index < -0.39 is 0 Å². The summed E-state index contributed by atoms with van der Waals surface area (Å²) >= 11 is 7.56. The fraction of sp³-hybridized carbons (Fsp3) is 0.455. The van der Waals surface area contributed by atoms with E-state index in [4.69, 9.17) is 11.6 Å². The molecule has 0 fully saturated rings. The van der Waals surface area contributed by atoms with E-state index in [2.05, 4.69) is 6.92 Å². The highest BCUT2D eigenvalue weighted by Gasteiger charge is 2.00. The third-order valence-electron chi connectivity index (χ3n) is 1.85. The first kappa shape index (κ1) is 11.7. The lowest BCUT2D eigenvalue weighted by Crippen LogP contribution is -1.99. The summed E-state index contributed by atoms with van der Waals surface area (Å²) in [5.41, 5.74) is 1.16. The average molecular weight is 231 g/mol. The molecule has 0 radical (unpaired) electrons. The lowest BCUT2D eigenvalue weighted by atomic mass is 10.2. The Labute approximate surface area is 94.5 Å². The highest BCUT2D eigenvalue weighted by Crippen LogP contribution is 2.19. The van der Waals surface area contributed by atoms with Gasteiger partial charge in [-0.15, -0.1) is 11.6 Å². The number of hydrogen-bond donors (Lipinski definition) is 1. The summed E-state index contributed by atoms with van der Waals surface area (Å²) in [6.45, 7) is 2.14. The van der Waals surface area contributed by atoms with Gasteiger partial charge in [-0.2, -0.15) is 11.8 Å². The molecule has 0 spiro atoms. The zero-order valence-corrected chi connectivity index (χ0v) is 9.81. The number of hydrogen-bond acceptors (Lipinski definition) is 2. The maximum Gasteiger partial charge on any atom is 0.115 e. The van der Waals surface area contributed by atoms with E-state index in [9.17, 15) is 5.11 Å². The van der Waals surface area contributed by atoms with Crippen molar-refractivity contribution in [1.82, 2.24) is 0 Å². The Bertz CT molecular complexity index is 278. The van der Waals surface area contributed by atoms with E-state index in [1.165, 1.54) is 0 Å². The van der Waals surface area contributed by atoms with Crippen LogP contribution in [0.5, 0.6) is 5.75 Å². The first-order valence-corrected chi connectivity index (χ1v) is 6.33. The Morgan fingerprint density at radius 1 is 1.50 bits per heavy atom. The number of benzene rings is 1. The molecule has 78 valence electrons. The van der Waals surface area contributed by atoms with E-state index in [1.54, 1.807) is 12.1 Å². The molecule has 1 N–H and O–H groups in total. The van der Waals surface area contributed by atoms with Crippen LogP contribution in [-0.2, 0) is 5.75 Å². The molecule has 3 heteroatoms. The number of aromatic hydroxyl groups is 1. The summed E-state index contributed by atoms with van der Waals surface area (Å²) < 4.78 is 0. The Hall–Kier alpha value is -0.340. The van der Waals surface area contributed by atoms with Gasteiger partial charge in [0.15, 0.2) is 0 Å². The van der Waals surface area contributed by atoms with Crippen LogP contribution in [0.4, 0.5) is 0 Å². The van der Waals surface area contributed by atoms with Gasteiger partial charge in [0.05, 0.1) is 0 Å². The predicted molar refractivity (Wildman–Crippen MR) is 64.2 cm³/mol. The van der Waals surface area contributed by atoms with Gasteiger partial charge >= 0.3 is 0 Å². The van der Waals surface area contributed by atoms with Gasteiger partial charge in [-0.25, -0.2) is 0 Å². The Balaban J connectivity index is 2.31. The van der Waals surface area contributed by atoms with Gasteiger partial charge in [-0.1, -0.05) is 19.1 Å². The van der Waals surface area contributed by atoms with Crippen LogP contribution in [-0.4, -0.2) is 16.7 Å². The monoisotopic (exact) mass is 230 g/mol. The van der Waals surface area contributed by atoms with Crippen molar-refractivity contribution in [2.75, 3.05) is 11.6 Å². The summed E-state index contributed by atoms with van der Waals surface area (Å²) in [5.74, 6) is 3.62. The van der Waals surface area contributed by atoms with Crippen LogP contribution in [0.2, 0.25) is 0 Å². The van der Waals surface area contributed by atoms with Crippen LogP contribution in [0.25, 0.3) is 0 Å². The molecule has 0 heterocycles. The van der Waals surface area contributed by atoms with E-state index in [0.29, 0.717) is 17.5 Å². The van der Waals surface area contributed by atoms with Crippen LogP contribution in [0, 0.1) is 5.92 Å². The van der Waals surface area contributed by atoms with Crippen molar-refractivity contribution in [3.8, 4) is 5.75 Å². The van der Waals surface area contributed by atoms with Gasteiger partial charge in [0.1, 0.15) is 5.75 Å². The van der Waals surface area contributed by atoms with Gasteiger partial charge < -0.3 is 5.11 Å². The fourth-order valence-corrected chi connectivity index (χ4v) is 2.36. The van der Waals surface area contributed by atoms with Gasteiger partial charge in [0, 0.05) is 11.6 Å². The second-order valence-electron chi connectivity index (χ2n) is 3.44. The Morgan fingerprint density at radius 3 is 2.93 bits per heavy atom. The Morgan fingerprint density at radius 2 is 2.29 bits per heavy atom. The SMILES string of the molecule is CC(CCl)CSCc1cccc(O)c1. The summed E-state index contributed by atoms with van der Waals surface area (Å²) in [6, 6.07) is 7.39. The molecule has 0 aliphatic carbocycles. The normalized spacial score (nSPS) is 12.7. The first-order chi connectivity index (χ1) is 6.72. The zero-order chi connectivity index (χ0) is 10.4. The smallest absolute Gasteiger partial charge is 0.115 e. The standard InChI is InChI=1S/C11H15ClOS/c1-9(6-12)7-14-8-10-3-2-4-11(13)5-10/h2-5,9,13H,6-8H2,1H3. The van der Waals surface area contributed by atoms with Crippen molar-refractivity contribution in [2.24, 2.45) is 5.92 Å². The highest BCUT2D eigenvalue weighted by atomic mass is 35.5. The average Bonchev–Trinajstić information content (AvgIpc) is 2.17. The molecule has 0 aliphatic rings. The fourth-order valence-electron chi connectivity index (χ4n) is 1.07. The zero-order valence-electron chi connectivity index (χ0n) is 8.24.